The molecular weight excluding hydrogens is 452 g/mol. The van der Waals surface area contributed by atoms with E-state index in [1.165, 1.54) is 76.2 Å². The molecule has 0 radical (unpaired) electrons. The Labute approximate surface area is 227 Å². The lowest BCUT2D eigenvalue weighted by molar-refractivity contribution is -0.0356. The summed E-state index contributed by atoms with van der Waals surface area (Å²) in [6.45, 7) is 13.3. The van der Waals surface area contributed by atoms with Gasteiger partial charge in [0.25, 0.3) is 0 Å². The van der Waals surface area contributed by atoms with Crippen molar-refractivity contribution in [3.05, 3.63) is 52.6 Å². The summed E-state index contributed by atoms with van der Waals surface area (Å²) in [7, 11) is 1.72. The van der Waals surface area contributed by atoms with Crippen LogP contribution in [-0.4, -0.2) is 13.2 Å². The van der Waals surface area contributed by atoms with Crippen molar-refractivity contribution in [2.75, 3.05) is 7.11 Å². The maximum absolute atomic E-state index is 6.48. The highest BCUT2D eigenvalue weighted by atomic mass is 16.5. The summed E-state index contributed by atoms with van der Waals surface area (Å²) in [6, 6.07) is 8.35. The third-order valence-corrected chi connectivity index (χ3v) is 11.2. The molecule has 4 aliphatic carbocycles. The van der Waals surface area contributed by atoms with Gasteiger partial charge < -0.3 is 9.47 Å². The first kappa shape index (κ1) is 27.0. The number of methoxy groups -OCH3 is 1. The predicted octanol–water partition coefficient (Wildman–Crippen LogP) is 9.69. The number of allylic oxidation sites excluding steroid dienone is 4. The van der Waals surface area contributed by atoms with Gasteiger partial charge >= 0.3 is 0 Å². The van der Waals surface area contributed by atoms with E-state index < -0.39 is 0 Å². The van der Waals surface area contributed by atoms with Gasteiger partial charge in [0.15, 0.2) is 0 Å². The average Bonchev–Trinajstić information content (AvgIpc) is 3.24. The van der Waals surface area contributed by atoms with Crippen molar-refractivity contribution in [3.8, 4) is 5.75 Å². The van der Waals surface area contributed by atoms with E-state index in [-0.39, 0.29) is 0 Å². The summed E-state index contributed by atoms with van der Waals surface area (Å²) < 4.78 is 11.8. The topological polar surface area (TPSA) is 18.5 Å². The van der Waals surface area contributed by atoms with Crippen LogP contribution in [0.4, 0.5) is 0 Å². The molecule has 0 bridgehead atoms. The first-order valence-electron chi connectivity index (χ1n) is 15.4. The van der Waals surface area contributed by atoms with Crippen LogP contribution in [0.2, 0.25) is 0 Å². The van der Waals surface area contributed by atoms with Gasteiger partial charge in [-0.3, -0.25) is 0 Å². The molecule has 4 aliphatic rings. The minimum absolute atomic E-state index is 0.386. The molecule has 37 heavy (non-hydrogen) atoms. The van der Waals surface area contributed by atoms with E-state index in [2.05, 4.69) is 52.8 Å². The number of ether oxygens (including phenoxy) is 2. The zero-order valence-corrected chi connectivity index (χ0v) is 24.6. The molecular formula is C35H52O2. The van der Waals surface area contributed by atoms with E-state index in [9.17, 15) is 0 Å². The highest BCUT2D eigenvalue weighted by Gasteiger charge is 2.53. The van der Waals surface area contributed by atoms with Crippen LogP contribution in [0, 0.1) is 34.5 Å². The number of rotatable bonds is 9. The Kier molecular flexibility index (Phi) is 7.98. The van der Waals surface area contributed by atoms with E-state index >= 15 is 0 Å². The Morgan fingerprint density at radius 3 is 2.46 bits per heavy atom. The van der Waals surface area contributed by atoms with E-state index in [4.69, 9.17) is 9.47 Å². The van der Waals surface area contributed by atoms with Crippen molar-refractivity contribution in [1.82, 2.24) is 0 Å². The predicted molar refractivity (Wildman–Crippen MR) is 155 cm³/mol. The van der Waals surface area contributed by atoms with E-state index in [1.54, 1.807) is 12.7 Å². The van der Waals surface area contributed by atoms with Gasteiger partial charge in [-0.25, -0.2) is 0 Å². The van der Waals surface area contributed by atoms with Crippen LogP contribution in [0.15, 0.2) is 47.1 Å². The van der Waals surface area contributed by atoms with Crippen LogP contribution in [0.5, 0.6) is 5.75 Å². The second-order valence-electron chi connectivity index (χ2n) is 13.8. The molecule has 0 aromatic heterocycles. The van der Waals surface area contributed by atoms with Gasteiger partial charge in [0.05, 0.1) is 19.8 Å². The lowest BCUT2D eigenvalue weighted by Gasteiger charge is -2.54. The molecule has 5 rings (SSSR count). The molecule has 0 spiro atoms. The maximum Gasteiger partial charge on any atom is 0.118 e. The summed E-state index contributed by atoms with van der Waals surface area (Å²) in [5.74, 6) is 4.21. The van der Waals surface area contributed by atoms with Crippen molar-refractivity contribution in [3.63, 3.8) is 0 Å². The van der Waals surface area contributed by atoms with E-state index in [1.807, 2.05) is 23.3 Å². The molecule has 6 atom stereocenters. The standard InChI is InChI=1S/C35H52O2/c1-24(2)8-7-9-25(3)31-16-17-32-30-15-12-27-22-29(37-23-26-10-13-28(36-6)14-11-26)18-20-34(27,4)33(30)19-21-35(31,32)5/h10-11,13-14,17,24-25,27,29,31H,7-9,12,15-16,18-23H2,1-6H3/t25-,27+,29?,31-,34+,35-/m1/s1. The van der Waals surface area contributed by atoms with E-state index in [0.29, 0.717) is 23.5 Å². The van der Waals surface area contributed by atoms with Crippen molar-refractivity contribution in [2.24, 2.45) is 34.5 Å². The summed E-state index contributed by atoms with van der Waals surface area (Å²) in [5.41, 5.74) is 7.49. The maximum atomic E-state index is 6.48. The van der Waals surface area contributed by atoms with Crippen LogP contribution in [0.25, 0.3) is 0 Å². The summed E-state index contributed by atoms with van der Waals surface area (Å²) in [5, 5.41) is 0. The van der Waals surface area contributed by atoms with Crippen LogP contribution < -0.4 is 4.74 Å². The molecule has 0 amide bonds. The van der Waals surface area contributed by atoms with Crippen molar-refractivity contribution < 1.29 is 9.47 Å². The van der Waals surface area contributed by atoms with Gasteiger partial charge in [-0.1, -0.05) is 77.7 Å². The Morgan fingerprint density at radius 1 is 0.946 bits per heavy atom. The number of fused-ring (bicyclic) bond motifs is 4. The normalized spacial score (nSPS) is 34.0. The van der Waals surface area contributed by atoms with E-state index in [0.717, 1.165) is 29.4 Å². The molecule has 1 unspecified atom stereocenters. The van der Waals surface area contributed by atoms with Crippen LogP contribution >= 0.6 is 0 Å². The fourth-order valence-electron chi connectivity index (χ4n) is 8.85. The molecule has 1 aromatic carbocycles. The summed E-state index contributed by atoms with van der Waals surface area (Å²) >= 11 is 0. The molecule has 1 saturated carbocycles. The number of benzene rings is 1. The number of hydrogen-bond donors (Lipinski definition) is 0. The van der Waals surface area contributed by atoms with Gasteiger partial charge in [0.2, 0.25) is 0 Å². The second kappa shape index (κ2) is 10.9. The third-order valence-electron chi connectivity index (χ3n) is 11.2. The molecule has 0 saturated heterocycles. The zero-order chi connectivity index (χ0) is 26.2. The molecule has 204 valence electrons. The lowest BCUT2D eigenvalue weighted by Crippen LogP contribution is -2.44. The first-order chi connectivity index (χ1) is 17.7. The lowest BCUT2D eigenvalue weighted by atomic mass is 9.51. The average molecular weight is 505 g/mol. The zero-order valence-electron chi connectivity index (χ0n) is 24.6. The molecule has 0 aliphatic heterocycles. The SMILES string of the molecule is COc1ccc(COC2CC[C@]3(C)C4=C(CC[C@H]3C2)C2=CC[C@H]([C@H](C)CCCC(C)C)[C@@]2(C)CC4)cc1. The molecule has 2 nitrogen and oxygen atoms in total. The Bertz CT molecular complexity index is 1000. The fraction of sp³-hybridized carbons (Fsp3) is 0.714. The highest BCUT2D eigenvalue weighted by Crippen LogP contribution is 2.64. The largest absolute Gasteiger partial charge is 0.497 e. The molecule has 1 aromatic rings. The van der Waals surface area contributed by atoms with Crippen LogP contribution in [0.3, 0.4) is 0 Å². The summed E-state index contributed by atoms with van der Waals surface area (Å²) in [6.07, 6.45) is 17.7. The van der Waals surface area contributed by atoms with Gasteiger partial charge in [0.1, 0.15) is 5.75 Å². The Balaban J connectivity index is 1.23. The van der Waals surface area contributed by atoms with Gasteiger partial charge in [-0.2, -0.15) is 0 Å². The molecule has 2 heteroatoms. The quantitative estimate of drug-likeness (QED) is 0.333. The third kappa shape index (κ3) is 5.21. The van der Waals surface area contributed by atoms with Crippen LogP contribution in [-0.2, 0) is 11.3 Å². The van der Waals surface area contributed by atoms with Crippen LogP contribution in [0.1, 0.15) is 111 Å². The first-order valence-corrected chi connectivity index (χ1v) is 15.4. The van der Waals surface area contributed by atoms with Crippen molar-refractivity contribution >= 4 is 0 Å². The molecule has 0 heterocycles. The second-order valence-corrected chi connectivity index (χ2v) is 13.8. The fourth-order valence-corrected chi connectivity index (χ4v) is 8.85. The Morgan fingerprint density at radius 2 is 1.73 bits per heavy atom. The van der Waals surface area contributed by atoms with Crippen molar-refractivity contribution in [1.29, 1.82) is 0 Å². The smallest absolute Gasteiger partial charge is 0.118 e. The minimum atomic E-state index is 0.386. The van der Waals surface area contributed by atoms with Crippen molar-refractivity contribution in [2.45, 2.75) is 118 Å². The highest BCUT2D eigenvalue weighted by molar-refractivity contribution is 5.49. The molecule has 0 N–H and O–H groups in total. The summed E-state index contributed by atoms with van der Waals surface area (Å²) in [4.78, 5) is 0. The monoisotopic (exact) mass is 504 g/mol. The van der Waals surface area contributed by atoms with Gasteiger partial charge in [0, 0.05) is 0 Å². The minimum Gasteiger partial charge on any atom is -0.497 e. The molecule has 1 fully saturated rings. The number of hydrogen-bond acceptors (Lipinski definition) is 2. The van der Waals surface area contributed by atoms with Gasteiger partial charge in [-0.05, 0) is 115 Å². The van der Waals surface area contributed by atoms with Gasteiger partial charge in [-0.15, -0.1) is 0 Å². The Hall–Kier alpha value is -1.54.